The first-order chi connectivity index (χ1) is 12.0. The van der Waals surface area contributed by atoms with Gasteiger partial charge in [0.05, 0.1) is 23.4 Å². The lowest BCUT2D eigenvalue weighted by Crippen LogP contribution is -2.37. The summed E-state index contributed by atoms with van der Waals surface area (Å²) in [6.45, 7) is 3.81. The molecule has 1 aliphatic rings. The molecule has 0 aliphatic carbocycles. The molecule has 3 rings (SSSR count). The van der Waals surface area contributed by atoms with Gasteiger partial charge in [0.2, 0.25) is 5.91 Å². The van der Waals surface area contributed by atoms with Gasteiger partial charge in [-0.15, -0.1) is 0 Å². The fourth-order valence-electron chi connectivity index (χ4n) is 2.73. The number of carbonyl (C=O) groups is 3. The van der Waals surface area contributed by atoms with E-state index in [2.05, 4.69) is 5.32 Å². The third-order valence-electron chi connectivity index (χ3n) is 3.89. The average molecular weight is 338 g/mol. The number of aryl methyl sites for hydroxylation is 1. The second kappa shape index (κ2) is 6.76. The Morgan fingerprint density at radius 2 is 1.80 bits per heavy atom. The van der Waals surface area contributed by atoms with E-state index >= 15 is 0 Å². The van der Waals surface area contributed by atoms with Crippen LogP contribution in [-0.2, 0) is 4.79 Å². The molecule has 0 bridgehead atoms. The standard InChI is InChI=1S/C19H18N2O4/c1-3-25-16-7-5-4-6-15(16)20-17(22)11-21-18(23)13-9-8-12(2)10-14(13)19(21)24/h4-10H,3,11H2,1-2H3,(H,20,22). The summed E-state index contributed by atoms with van der Waals surface area (Å²) < 4.78 is 5.45. The summed E-state index contributed by atoms with van der Waals surface area (Å²) >= 11 is 0. The Kier molecular flexibility index (Phi) is 4.52. The van der Waals surface area contributed by atoms with Crippen molar-refractivity contribution in [1.29, 1.82) is 0 Å². The van der Waals surface area contributed by atoms with Gasteiger partial charge in [0, 0.05) is 0 Å². The summed E-state index contributed by atoms with van der Waals surface area (Å²) in [5.74, 6) is -0.820. The number of nitrogens with one attached hydrogen (secondary N) is 1. The number of hydrogen-bond donors (Lipinski definition) is 1. The van der Waals surface area contributed by atoms with Crippen molar-refractivity contribution >= 4 is 23.4 Å². The van der Waals surface area contributed by atoms with E-state index in [1.807, 2.05) is 13.8 Å². The smallest absolute Gasteiger partial charge is 0.262 e. The molecule has 6 heteroatoms. The monoisotopic (exact) mass is 338 g/mol. The fraction of sp³-hybridized carbons (Fsp3) is 0.211. The molecule has 0 saturated heterocycles. The molecule has 25 heavy (non-hydrogen) atoms. The van der Waals surface area contributed by atoms with Crippen LogP contribution < -0.4 is 10.1 Å². The van der Waals surface area contributed by atoms with Gasteiger partial charge in [0.25, 0.3) is 11.8 Å². The van der Waals surface area contributed by atoms with Crippen LogP contribution >= 0.6 is 0 Å². The minimum Gasteiger partial charge on any atom is -0.492 e. The van der Waals surface area contributed by atoms with E-state index in [-0.39, 0.29) is 6.54 Å². The molecule has 0 radical (unpaired) electrons. The number of fused-ring (bicyclic) bond motifs is 1. The van der Waals surface area contributed by atoms with Crippen LogP contribution in [0.25, 0.3) is 0 Å². The molecule has 1 heterocycles. The van der Waals surface area contributed by atoms with Crippen LogP contribution in [0.3, 0.4) is 0 Å². The zero-order chi connectivity index (χ0) is 18.0. The molecule has 3 amide bonds. The van der Waals surface area contributed by atoms with Crippen LogP contribution in [0.5, 0.6) is 5.75 Å². The van der Waals surface area contributed by atoms with Gasteiger partial charge in [-0.3, -0.25) is 19.3 Å². The van der Waals surface area contributed by atoms with Gasteiger partial charge in [0.1, 0.15) is 12.3 Å². The number of carbonyl (C=O) groups excluding carboxylic acids is 3. The highest BCUT2D eigenvalue weighted by molar-refractivity contribution is 6.22. The number of amides is 3. The van der Waals surface area contributed by atoms with Gasteiger partial charge in [-0.05, 0) is 38.1 Å². The lowest BCUT2D eigenvalue weighted by molar-refractivity contribution is -0.116. The Morgan fingerprint density at radius 3 is 2.56 bits per heavy atom. The number of para-hydroxylation sites is 2. The third kappa shape index (κ3) is 3.24. The first-order valence-corrected chi connectivity index (χ1v) is 7.99. The Bertz CT molecular complexity index is 860. The second-order valence-corrected chi connectivity index (χ2v) is 5.72. The number of benzene rings is 2. The summed E-state index contributed by atoms with van der Waals surface area (Å²) in [7, 11) is 0. The van der Waals surface area contributed by atoms with Crippen molar-refractivity contribution in [3.05, 3.63) is 59.2 Å². The number of nitrogens with zero attached hydrogens (tertiary/aromatic N) is 1. The molecule has 2 aromatic carbocycles. The molecule has 6 nitrogen and oxygen atoms in total. The number of hydrogen-bond acceptors (Lipinski definition) is 4. The third-order valence-corrected chi connectivity index (χ3v) is 3.89. The molecular formula is C19H18N2O4. The van der Waals surface area contributed by atoms with Crippen LogP contribution in [-0.4, -0.2) is 35.8 Å². The summed E-state index contributed by atoms with van der Waals surface area (Å²) in [5, 5.41) is 2.69. The maximum Gasteiger partial charge on any atom is 0.262 e. The molecule has 1 aliphatic heterocycles. The Hall–Kier alpha value is -3.15. The van der Waals surface area contributed by atoms with Crippen molar-refractivity contribution in [2.45, 2.75) is 13.8 Å². The molecule has 0 aromatic heterocycles. The molecule has 1 N–H and O–H groups in total. The van der Waals surface area contributed by atoms with Crippen LogP contribution in [0.2, 0.25) is 0 Å². The van der Waals surface area contributed by atoms with Crippen molar-refractivity contribution in [2.24, 2.45) is 0 Å². The SMILES string of the molecule is CCOc1ccccc1NC(=O)CN1C(=O)c2ccc(C)cc2C1=O. The number of imide groups is 1. The number of rotatable bonds is 5. The molecule has 0 saturated carbocycles. The van der Waals surface area contributed by atoms with E-state index in [9.17, 15) is 14.4 Å². The maximum absolute atomic E-state index is 12.4. The summed E-state index contributed by atoms with van der Waals surface area (Å²) in [6.07, 6.45) is 0. The highest BCUT2D eigenvalue weighted by atomic mass is 16.5. The lowest BCUT2D eigenvalue weighted by atomic mass is 10.1. The minimum absolute atomic E-state index is 0.332. The molecule has 0 unspecified atom stereocenters. The van der Waals surface area contributed by atoms with Crippen LogP contribution in [0.1, 0.15) is 33.2 Å². The molecule has 128 valence electrons. The highest BCUT2D eigenvalue weighted by Gasteiger charge is 2.36. The van der Waals surface area contributed by atoms with E-state index in [1.54, 1.807) is 42.5 Å². The van der Waals surface area contributed by atoms with E-state index < -0.39 is 17.7 Å². The number of anilines is 1. The maximum atomic E-state index is 12.4. The minimum atomic E-state index is -0.460. The molecule has 0 fully saturated rings. The fourth-order valence-corrected chi connectivity index (χ4v) is 2.73. The van der Waals surface area contributed by atoms with Crippen molar-refractivity contribution in [1.82, 2.24) is 4.90 Å². The summed E-state index contributed by atoms with van der Waals surface area (Å²) in [5.41, 5.74) is 2.06. The average Bonchev–Trinajstić information content (AvgIpc) is 2.81. The highest BCUT2D eigenvalue weighted by Crippen LogP contribution is 2.25. The number of ether oxygens (including phenoxy) is 1. The molecule has 0 spiro atoms. The summed E-state index contributed by atoms with van der Waals surface area (Å²) in [4.78, 5) is 38.1. The van der Waals surface area contributed by atoms with Crippen LogP contribution in [0.4, 0.5) is 5.69 Å². The van der Waals surface area contributed by atoms with Gasteiger partial charge < -0.3 is 10.1 Å². The largest absolute Gasteiger partial charge is 0.492 e. The molecular weight excluding hydrogens is 320 g/mol. The summed E-state index contributed by atoms with van der Waals surface area (Å²) in [6, 6.07) is 12.1. The molecule has 0 atom stereocenters. The van der Waals surface area contributed by atoms with Gasteiger partial charge in [-0.25, -0.2) is 0 Å². The Labute approximate surface area is 145 Å². The molecule has 2 aromatic rings. The zero-order valence-corrected chi connectivity index (χ0v) is 14.0. The first kappa shape index (κ1) is 16.7. The Morgan fingerprint density at radius 1 is 1.08 bits per heavy atom. The van der Waals surface area contributed by atoms with E-state index in [4.69, 9.17) is 4.74 Å². The van der Waals surface area contributed by atoms with Crippen LogP contribution in [0.15, 0.2) is 42.5 Å². The van der Waals surface area contributed by atoms with E-state index in [0.29, 0.717) is 29.2 Å². The first-order valence-electron chi connectivity index (χ1n) is 7.99. The van der Waals surface area contributed by atoms with E-state index in [1.165, 1.54) is 0 Å². The van der Waals surface area contributed by atoms with Crippen molar-refractivity contribution in [2.75, 3.05) is 18.5 Å². The Balaban J connectivity index is 1.74. The van der Waals surface area contributed by atoms with Crippen molar-refractivity contribution in [3.63, 3.8) is 0 Å². The van der Waals surface area contributed by atoms with Crippen molar-refractivity contribution in [3.8, 4) is 5.75 Å². The quantitative estimate of drug-likeness (QED) is 0.851. The van der Waals surface area contributed by atoms with Gasteiger partial charge >= 0.3 is 0 Å². The van der Waals surface area contributed by atoms with E-state index in [0.717, 1.165) is 10.5 Å². The second-order valence-electron chi connectivity index (χ2n) is 5.72. The van der Waals surface area contributed by atoms with Gasteiger partial charge in [-0.1, -0.05) is 23.8 Å². The van der Waals surface area contributed by atoms with Crippen molar-refractivity contribution < 1.29 is 19.1 Å². The zero-order valence-electron chi connectivity index (χ0n) is 14.0. The van der Waals surface area contributed by atoms with Gasteiger partial charge in [-0.2, -0.15) is 0 Å². The normalized spacial score (nSPS) is 13.0. The predicted molar refractivity (Wildman–Crippen MR) is 92.8 cm³/mol. The predicted octanol–water partition coefficient (Wildman–Crippen LogP) is 2.63. The van der Waals surface area contributed by atoms with Crippen LogP contribution in [0, 0.1) is 6.92 Å². The van der Waals surface area contributed by atoms with Gasteiger partial charge in [0.15, 0.2) is 0 Å². The topological polar surface area (TPSA) is 75.7 Å². The lowest BCUT2D eigenvalue weighted by Gasteiger charge is -2.15.